The van der Waals surface area contributed by atoms with Gasteiger partial charge in [-0.1, -0.05) is 0 Å². The Morgan fingerprint density at radius 1 is 1.41 bits per heavy atom. The van der Waals surface area contributed by atoms with Crippen LogP contribution in [0.4, 0.5) is 0 Å². The van der Waals surface area contributed by atoms with E-state index in [1.807, 2.05) is 0 Å². The Kier molecular flexibility index (Phi) is 2.82. The molecular weight excluding hydrogens is 224 g/mol. The number of aromatic amines is 1. The molecule has 0 aliphatic carbocycles. The molecule has 86 valence electrons. The van der Waals surface area contributed by atoms with Gasteiger partial charge in [0.2, 0.25) is 0 Å². The molecule has 2 aromatic heterocycles. The van der Waals surface area contributed by atoms with Crippen LogP contribution in [0.5, 0.6) is 5.88 Å². The van der Waals surface area contributed by atoms with Crippen molar-refractivity contribution in [1.82, 2.24) is 15.0 Å². The Hall–Kier alpha value is -2.70. The number of pyridine rings is 1. The highest BCUT2D eigenvalue weighted by Crippen LogP contribution is 2.13. The van der Waals surface area contributed by atoms with Gasteiger partial charge < -0.3 is 15.5 Å². The summed E-state index contributed by atoms with van der Waals surface area (Å²) >= 11 is 0. The molecule has 0 radical (unpaired) electrons. The lowest BCUT2D eigenvalue weighted by molar-refractivity contribution is 0.0725. The van der Waals surface area contributed by atoms with Crippen LogP contribution in [0.2, 0.25) is 0 Å². The number of nitrogens with two attached hydrogens (primary N) is 1. The second kappa shape index (κ2) is 4.44. The average molecular weight is 232 g/mol. The predicted octanol–water partition coefficient (Wildman–Crippen LogP) is 0.123. The van der Waals surface area contributed by atoms with Crippen LogP contribution in [0.3, 0.4) is 0 Å². The third-order valence-corrected chi connectivity index (χ3v) is 1.94. The van der Waals surface area contributed by atoms with Crippen molar-refractivity contribution in [2.24, 2.45) is 5.73 Å². The van der Waals surface area contributed by atoms with E-state index in [2.05, 4.69) is 15.0 Å². The molecule has 0 aliphatic rings. The summed E-state index contributed by atoms with van der Waals surface area (Å²) in [7, 11) is 0. The number of carbonyl (C=O) groups is 2. The smallest absolute Gasteiger partial charge is 0.346 e. The first kappa shape index (κ1) is 10.8. The zero-order chi connectivity index (χ0) is 12.3. The van der Waals surface area contributed by atoms with Crippen LogP contribution in [0.1, 0.15) is 20.8 Å². The van der Waals surface area contributed by atoms with E-state index >= 15 is 0 Å². The number of esters is 1. The summed E-state index contributed by atoms with van der Waals surface area (Å²) in [5.41, 5.74) is 5.26. The van der Waals surface area contributed by atoms with Gasteiger partial charge in [0.1, 0.15) is 0 Å². The average Bonchev–Trinajstić information content (AvgIpc) is 2.78. The summed E-state index contributed by atoms with van der Waals surface area (Å²) in [6.07, 6.45) is 4.09. The fourth-order valence-electron chi connectivity index (χ4n) is 1.17. The van der Waals surface area contributed by atoms with Crippen molar-refractivity contribution in [2.75, 3.05) is 0 Å². The lowest BCUT2D eigenvalue weighted by Gasteiger charge is -2.01. The molecule has 1 amide bonds. The third-order valence-electron chi connectivity index (χ3n) is 1.94. The highest BCUT2D eigenvalue weighted by Gasteiger charge is 2.17. The maximum Gasteiger partial charge on any atom is 0.346 e. The van der Waals surface area contributed by atoms with Crippen molar-refractivity contribution in [3.8, 4) is 5.88 Å². The first-order chi connectivity index (χ1) is 8.18. The van der Waals surface area contributed by atoms with E-state index in [0.717, 1.165) is 0 Å². The summed E-state index contributed by atoms with van der Waals surface area (Å²) in [5, 5.41) is 0. The van der Waals surface area contributed by atoms with Crippen molar-refractivity contribution in [3.63, 3.8) is 0 Å². The standard InChI is InChI=1S/C10H8N4O3/c11-8(15)7-9(14-5-13-7)17-10(16)6-2-1-3-12-4-6/h1-5H,(H2,11,15)(H,13,14). The van der Waals surface area contributed by atoms with Crippen molar-refractivity contribution >= 4 is 11.9 Å². The van der Waals surface area contributed by atoms with Crippen LogP contribution < -0.4 is 10.5 Å². The van der Waals surface area contributed by atoms with Crippen LogP contribution in [0.15, 0.2) is 30.9 Å². The molecule has 0 bridgehead atoms. The monoisotopic (exact) mass is 232 g/mol. The number of H-pyrrole nitrogens is 1. The molecule has 0 unspecified atom stereocenters. The molecule has 0 saturated carbocycles. The number of ether oxygens (including phenoxy) is 1. The van der Waals surface area contributed by atoms with E-state index in [9.17, 15) is 9.59 Å². The number of nitrogens with zero attached hydrogens (tertiary/aromatic N) is 2. The summed E-state index contributed by atoms with van der Waals surface area (Å²) in [5.74, 6) is -1.56. The molecule has 0 saturated heterocycles. The molecule has 0 aromatic carbocycles. The van der Waals surface area contributed by atoms with Crippen LogP contribution in [0, 0.1) is 0 Å². The number of imidazole rings is 1. The molecule has 2 heterocycles. The maximum absolute atomic E-state index is 11.6. The van der Waals surface area contributed by atoms with Crippen LogP contribution in [-0.4, -0.2) is 26.8 Å². The quantitative estimate of drug-likeness (QED) is 0.730. The fourth-order valence-corrected chi connectivity index (χ4v) is 1.17. The number of rotatable bonds is 3. The van der Waals surface area contributed by atoms with Gasteiger partial charge in [0.15, 0.2) is 5.69 Å². The number of nitrogens with one attached hydrogen (secondary N) is 1. The molecular formula is C10H8N4O3. The molecule has 2 aromatic rings. The number of hydrogen-bond donors (Lipinski definition) is 2. The number of aromatic nitrogens is 3. The lowest BCUT2D eigenvalue weighted by Crippen LogP contribution is -2.16. The molecule has 3 N–H and O–H groups in total. The number of primary amides is 1. The Labute approximate surface area is 95.6 Å². The highest BCUT2D eigenvalue weighted by atomic mass is 16.5. The SMILES string of the molecule is NC(=O)c1[nH]cnc1OC(=O)c1cccnc1. The van der Waals surface area contributed by atoms with Crippen molar-refractivity contribution in [3.05, 3.63) is 42.1 Å². The van der Waals surface area contributed by atoms with E-state index in [1.54, 1.807) is 6.07 Å². The van der Waals surface area contributed by atoms with Crippen LogP contribution >= 0.6 is 0 Å². The Morgan fingerprint density at radius 3 is 2.88 bits per heavy atom. The summed E-state index contributed by atoms with van der Waals surface area (Å²) < 4.78 is 4.91. The minimum Gasteiger partial charge on any atom is -0.401 e. The second-order valence-corrected chi connectivity index (χ2v) is 3.08. The molecule has 7 nitrogen and oxygen atoms in total. The summed E-state index contributed by atoms with van der Waals surface area (Å²) in [6, 6.07) is 3.13. The van der Waals surface area contributed by atoms with Gasteiger partial charge in [-0.25, -0.2) is 9.78 Å². The van der Waals surface area contributed by atoms with Gasteiger partial charge in [-0.2, -0.15) is 0 Å². The van der Waals surface area contributed by atoms with E-state index < -0.39 is 11.9 Å². The van der Waals surface area contributed by atoms with Gasteiger partial charge in [-0.15, -0.1) is 0 Å². The van der Waals surface area contributed by atoms with Crippen LogP contribution in [0.25, 0.3) is 0 Å². The molecule has 2 rings (SSSR count). The zero-order valence-corrected chi connectivity index (χ0v) is 8.58. The second-order valence-electron chi connectivity index (χ2n) is 3.08. The molecule has 7 heteroatoms. The highest BCUT2D eigenvalue weighted by molar-refractivity contribution is 5.95. The molecule has 0 spiro atoms. The van der Waals surface area contributed by atoms with Gasteiger partial charge in [0, 0.05) is 12.4 Å². The first-order valence-electron chi connectivity index (χ1n) is 4.64. The van der Waals surface area contributed by atoms with E-state index in [1.165, 1.54) is 24.8 Å². The van der Waals surface area contributed by atoms with E-state index in [0.29, 0.717) is 0 Å². The minimum absolute atomic E-state index is 0.0535. The largest absolute Gasteiger partial charge is 0.401 e. The van der Waals surface area contributed by atoms with Gasteiger partial charge in [-0.05, 0) is 12.1 Å². The van der Waals surface area contributed by atoms with E-state index in [4.69, 9.17) is 10.5 Å². The Bertz CT molecular complexity index is 550. The zero-order valence-electron chi connectivity index (χ0n) is 8.58. The van der Waals surface area contributed by atoms with Crippen LogP contribution in [-0.2, 0) is 0 Å². The molecule has 0 atom stereocenters. The third kappa shape index (κ3) is 2.28. The molecule has 0 aliphatic heterocycles. The number of amides is 1. The predicted molar refractivity (Wildman–Crippen MR) is 56.3 cm³/mol. The molecule has 17 heavy (non-hydrogen) atoms. The first-order valence-corrected chi connectivity index (χ1v) is 4.64. The fraction of sp³-hybridized carbons (Fsp3) is 0. The van der Waals surface area contributed by atoms with Crippen molar-refractivity contribution in [1.29, 1.82) is 0 Å². The maximum atomic E-state index is 11.6. The minimum atomic E-state index is -0.753. The summed E-state index contributed by atoms with van der Waals surface area (Å²) in [6.45, 7) is 0. The van der Waals surface area contributed by atoms with Gasteiger partial charge in [0.05, 0.1) is 11.9 Å². The van der Waals surface area contributed by atoms with Crippen molar-refractivity contribution in [2.45, 2.75) is 0 Å². The van der Waals surface area contributed by atoms with E-state index in [-0.39, 0.29) is 17.1 Å². The number of hydrogen-bond acceptors (Lipinski definition) is 5. The topological polar surface area (TPSA) is 111 Å². The van der Waals surface area contributed by atoms with Gasteiger partial charge >= 0.3 is 5.97 Å². The van der Waals surface area contributed by atoms with Gasteiger partial charge in [-0.3, -0.25) is 9.78 Å². The van der Waals surface area contributed by atoms with Crippen molar-refractivity contribution < 1.29 is 14.3 Å². The lowest BCUT2D eigenvalue weighted by atomic mass is 10.3. The number of carbonyl (C=O) groups excluding carboxylic acids is 2. The van der Waals surface area contributed by atoms with Gasteiger partial charge in [0.25, 0.3) is 11.8 Å². The Balaban J connectivity index is 2.19. The normalized spacial score (nSPS) is 9.88. The Morgan fingerprint density at radius 2 is 2.24 bits per heavy atom. The molecule has 0 fully saturated rings. The summed E-state index contributed by atoms with van der Waals surface area (Å²) in [4.78, 5) is 32.5.